The van der Waals surface area contributed by atoms with Crippen LogP contribution in [0, 0.1) is 13.8 Å². The van der Waals surface area contributed by atoms with Gasteiger partial charge in [-0.2, -0.15) is 0 Å². The average Bonchev–Trinajstić information content (AvgIpc) is 2.29. The lowest BCUT2D eigenvalue weighted by atomic mass is 10.1. The number of hydrogen-bond donors (Lipinski definition) is 2. The van der Waals surface area contributed by atoms with Crippen LogP contribution in [0.25, 0.3) is 0 Å². The molecule has 5 heteroatoms. The summed E-state index contributed by atoms with van der Waals surface area (Å²) in [5.41, 5.74) is 7.73. The van der Waals surface area contributed by atoms with E-state index in [-0.39, 0.29) is 12.6 Å². The molecule has 96 valence electrons. The van der Waals surface area contributed by atoms with Crippen LogP contribution < -0.4 is 10.5 Å². The van der Waals surface area contributed by atoms with E-state index in [9.17, 15) is 8.42 Å². The molecule has 0 aliphatic carbocycles. The SMILES string of the molecule is CCC(N)CNS(=O)(=O)c1ccc(C)c(C)c1. The Morgan fingerprint density at radius 2 is 1.94 bits per heavy atom. The van der Waals surface area contributed by atoms with Crippen LogP contribution in [0.1, 0.15) is 24.5 Å². The maximum absolute atomic E-state index is 11.9. The highest BCUT2D eigenvalue weighted by Gasteiger charge is 2.15. The van der Waals surface area contributed by atoms with Crippen LogP contribution in [-0.2, 0) is 10.0 Å². The van der Waals surface area contributed by atoms with Gasteiger partial charge in [-0.15, -0.1) is 0 Å². The van der Waals surface area contributed by atoms with Gasteiger partial charge in [0.15, 0.2) is 0 Å². The fourth-order valence-corrected chi connectivity index (χ4v) is 2.50. The summed E-state index contributed by atoms with van der Waals surface area (Å²) < 4.78 is 26.4. The molecule has 0 spiro atoms. The Bertz CT molecular complexity index is 483. The summed E-state index contributed by atoms with van der Waals surface area (Å²) in [4.78, 5) is 0.295. The Balaban J connectivity index is 2.86. The molecule has 0 amide bonds. The topological polar surface area (TPSA) is 72.2 Å². The maximum atomic E-state index is 11.9. The van der Waals surface area contributed by atoms with Gasteiger partial charge >= 0.3 is 0 Å². The number of nitrogens with two attached hydrogens (primary N) is 1. The summed E-state index contributed by atoms with van der Waals surface area (Å²) in [7, 11) is -3.43. The van der Waals surface area contributed by atoms with Crippen molar-refractivity contribution in [2.45, 2.75) is 38.1 Å². The van der Waals surface area contributed by atoms with Crippen molar-refractivity contribution in [3.63, 3.8) is 0 Å². The van der Waals surface area contributed by atoms with Crippen LogP contribution in [0.15, 0.2) is 23.1 Å². The van der Waals surface area contributed by atoms with Gasteiger partial charge in [0.1, 0.15) is 0 Å². The van der Waals surface area contributed by atoms with Gasteiger partial charge in [-0.3, -0.25) is 0 Å². The lowest BCUT2D eigenvalue weighted by Gasteiger charge is -2.11. The predicted octanol–water partition coefficient (Wildman–Crippen LogP) is 1.32. The second-order valence-corrected chi connectivity index (χ2v) is 6.03. The summed E-state index contributed by atoms with van der Waals surface area (Å²) in [6.45, 7) is 6.04. The molecule has 0 aliphatic heterocycles. The molecular formula is C12H20N2O2S. The van der Waals surface area contributed by atoms with E-state index in [1.165, 1.54) is 0 Å². The van der Waals surface area contributed by atoms with Gasteiger partial charge in [-0.1, -0.05) is 13.0 Å². The van der Waals surface area contributed by atoms with Gasteiger partial charge in [-0.05, 0) is 43.5 Å². The van der Waals surface area contributed by atoms with Crippen LogP contribution in [0.4, 0.5) is 0 Å². The van der Waals surface area contributed by atoms with E-state index in [2.05, 4.69) is 4.72 Å². The minimum atomic E-state index is -3.43. The molecule has 0 heterocycles. The van der Waals surface area contributed by atoms with Crippen molar-refractivity contribution in [3.05, 3.63) is 29.3 Å². The van der Waals surface area contributed by atoms with Gasteiger partial charge in [0, 0.05) is 12.6 Å². The van der Waals surface area contributed by atoms with Gasteiger partial charge in [0.25, 0.3) is 0 Å². The van der Waals surface area contributed by atoms with Crippen molar-refractivity contribution >= 4 is 10.0 Å². The van der Waals surface area contributed by atoms with E-state index in [4.69, 9.17) is 5.73 Å². The Hall–Kier alpha value is -0.910. The standard InChI is InChI=1S/C12H20N2O2S/c1-4-11(13)8-14-17(15,16)12-6-5-9(2)10(3)7-12/h5-7,11,14H,4,8,13H2,1-3H3. The van der Waals surface area contributed by atoms with E-state index < -0.39 is 10.0 Å². The molecule has 0 saturated heterocycles. The fourth-order valence-electron chi connectivity index (χ4n) is 1.33. The molecule has 0 aliphatic rings. The highest BCUT2D eigenvalue weighted by atomic mass is 32.2. The molecule has 1 aromatic rings. The Kier molecular flexibility index (Phi) is 4.68. The summed E-state index contributed by atoms with van der Waals surface area (Å²) >= 11 is 0. The molecule has 0 radical (unpaired) electrons. The molecule has 1 rings (SSSR count). The van der Waals surface area contributed by atoms with Gasteiger partial charge < -0.3 is 5.73 Å². The zero-order valence-electron chi connectivity index (χ0n) is 10.5. The Morgan fingerprint density at radius 1 is 1.29 bits per heavy atom. The van der Waals surface area contributed by atoms with Crippen LogP contribution in [0.2, 0.25) is 0 Å². The second-order valence-electron chi connectivity index (χ2n) is 4.27. The third kappa shape index (κ3) is 3.80. The summed E-state index contributed by atoms with van der Waals surface area (Å²) in [6.07, 6.45) is 0.745. The largest absolute Gasteiger partial charge is 0.327 e. The molecule has 0 saturated carbocycles. The van der Waals surface area contributed by atoms with Crippen LogP contribution in [0.3, 0.4) is 0 Å². The van der Waals surface area contributed by atoms with Crippen LogP contribution >= 0.6 is 0 Å². The van der Waals surface area contributed by atoms with Gasteiger partial charge in [0.2, 0.25) is 10.0 Å². The lowest BCUT2D eigenvalue weighted by Crippen LogP contribution is -2.36. The normalized spacial score (nSPS) is 13.6. The number of nitrogens with one attached hydrogen (secondary N) is 1. The smallest absolute Gasteiger partial charge is 0.240 e. The molecule has 4 nitrogen and oxygen atoms in total. The molecule has 0 fully saturated rings. The van der Waals surface area contributed by atoms with Gasteiger partial charge in [0.05, 0.1) is 4.90 Å². The first-order chi connectivity index (χ1) is 7.86. The highest BCUT2D eigenvalue weighted by Crippen LogP contribution is 2.14. The van der Waals surface area contributed by atoms with E-state index in [1.54, 1.807) is 12.1 Å². The minimum Gasteiger partial charge on any atom is -0.327 e. The molecule has 17 heavy (non-hydrogen) atoms. The fraction of sp³-hybridized carbons (Fsp3) is 0.500. The predicted molar refractivity (Wildman–Crippen MR) is 69.4 cm³/mol. The van der Waals surface area contributed by atoms with E-state index in [0.717, 1.165) is 17.5 Å². The summed E-state index contributed by atoms with van der Waals surface area (Å²) in [5, 5.41) is 0. The van der Waals surface area contributed by atoms with E-state index in [0.29, 0.717) is 4.90 Å². The van der Waals surface area contributed by atoms with E-state index in [1.807, 2.05) is 26.8 Å². The van der Waals surface area contributed by atoms with Crippen molar-refractivity contribution in [3.8, 4) is 0 Å². The summed E-state index contributed by atoms with van der Waals surface area (Å²) in [5.74, 6) is 0. The number of benzene rings is 1. The molecular weight excluding hydrogens is 236 g/mol. The van der Waals surface area contributed by atoms with Crippen molar-refractivity contribution in [1.29, 1.82) is 0 Å². The average molecular weight is 256 g/mol. The maximum Gasteiger partial charge on any atom is 0.240 e. The number of sulfonamides is 1. The Labute approximate surface area is 103 Å². The van der Waals surface area contributed by atoms with Crippen molar-refractivity contribution in [1.82, 2.24) is 4.72 Å². The number of rotatable bonds is 5. The lowest BCUT2D eigenvalue weighted by molar-refractivity contribution is 0.564. The molecule has 1 unspecified atom stereocenters. The molecule has 1 aromatic carbocycles. The quantitative estimate of drug-likeness (QED) is 0.834. The zero-order chi connectivity index (χ0) is 13.1. The first-order valence-corrected chi connectivity index (χ1v) is 7.17. The van der Waals surface area contributed by atoms with Gasteiger partial charge in [-0.25, -0.2) is 13.1 Å². The first kappa shape index (κ1) is 14.2. The van der Waals surface area contributed by atoms with Crippen LogP contribution in [-0.4, -0.2) is 21.0 Å². The third-order valence-electron chi connectivity index (χ3n) is 2.85. The van der Waals surface area contributed by atoms with Crippen molar-refractivity contribution in [2.75, 3.05) is 6.54 Å². The number of hydrogen-bond acceptors (Lipinski definition) is 3. The monoisotopic (exact) mass is 256 g/mol. The summed E-state index contributed by atoms with van der Waals surface area (Å²) in [6, 6.07) is 4.96. The molecule has 1 atom stereocenters. The molecule has 3 N–H and O–H groups in total. The zero-order valence-corrected chi connectivity index (χ0v) is 11.3. The first-order valence-electron chi connectivity index (χ1n) is 5.69. The molecule has 0 aromatic heterocycles. The highest BCUT2D eigenvalue weighted by molar-refractivity contribution is 7.89. The van der Waals surface area contributed by atoms with Crippen molar-refractivity contribution < 1.29 is 8.42 Å². The second kappa shape index (κ2) is 5.62. The molecule has 0 bridgehead atoms. The number of aryl methyl sites for hydroxylation is 2. The van der Waals surface area contributed by atoms with Crippen molar-refractivity contribution in [2.24, 2.45) is 5.73 Å². The van der Waals surface area contributed by atoms with Crippen LogP contribution in [0.5, 0.6) is 0 Å². The van der Waals surface area contributed by atoms with E-state index >= 15 is 0 Å². The minimum absolute atomic E-state index is 0.142. The third-order valence-corrected chi connectivity index (χ3v) is 4.27. The Morgan fingerprint density at radius 3 is 2.47 bits per heavy atom.